The molecule has 11 aromatic rings. The third-order valence-corrected chi connectivity index (χ3v) is 11.6. The van der Waals surface area contributed by atoms with Gasteiger partial charge < -0.3 is 4.57 Å². The van der Waals surface area contributed by atoms with Gasteiger partial charge in [0.2, 0.25) is 0 Å². The second-order valence-corrected chi connectivity index (χ2v) is 14.7. The largest absolute Gasteiger partial charge is 0.309 e. The van der Waals surface area contributed by atoms with E-state index in [4.69, 9.17) is 15.0 Å². The summed E-state index contributed by atoms with van der Waals surface area (Å²) in [6, 6.07) is 64.4. The lowest BCUT2D eigenvalue weighted by Gasteiger charge is -2.11. The van der Waals surface area contributed by atoms with Crippen LogP contribution in [0.25, 0.3) is 104 Å². The molecule has 3 heterocycles. The summed E-state index contributed by atoms with van der Waals surface area (Å²) in [6.45, 7) is 0. The van der Waals surface area contributed by atoms with Crippen LogP contribution in [-0.2, 0) is 0 Å². The number of rotatable bonds is 5. The molecule has 0 aliphatic carbocycles. The Morgan fingerprint density at radius 2 is 0.963 bits per heavy atom. The molecular weight excluding hydrogens is 677 g/mol. The predicted molar refractivity (Wildman–Crippen MR) is 226 cm³/mol. The van der Waals surface area contributed by atoms with Gasteiger partial charge in [0.1, 0.15) is 0 Å². The zero-order valence-electron chi connectivity index (χ0n) is 29.0. The third kappa shape index (κ3) is 4.94. The molecule has 0 bridgehead atoms. The Morgan fingerprint density at radius 1 is 0.370 bits per heavy atom. The van der Waals surface area contributed by atoms with E-state index in [0.29, 0.717) is 17.5 Å². The molecule has 0 aliphatic rings. The maximum Gasteiger partial charge on any atom is 0.164 e. The lowest BCUT2D eigenvalue weighted by Crippen LogP contribution is -2.01. The van der Waals surface area contributed by atoms with E-state index in [2.05, 4.69) is 187 Å². The van der Waals surface area contributed by atoms with E-state index in [1.165, 1.54) is 36.5 Å². The zero-order chi connectivity index (χ0) is 35.6. The van der Waals surface area contributed by atoms with Gasteiger partial charge in [-0.1, -0.05) is 140 Å². The Morgan fingerprint density at radius 3 is 1.80 bits per heavy atom. The van der Waals surface area contributed by atoms with E-state index in [0.717, 1.165) is 49.7 Å². The molecule has 0 unspecified atom stereocenters. The molecule has 4 nitrogen and oxygen atoms in total. The molecule has 54 heavy (non-hydrogen) atoms. The fourth-order valence-electron chi connectivity index (χ4n) is 7.95. The smallest absolute Gasteiger partial charge is 0.164 e. The van der Waals surface area contributed by atoms with Crippen LogP contribution in [0.3, 0.4) is 0 Å². The summed E-state index contributed by atoms with van der Waals surface area (Å²) >= 11 is 1.80. The van der Waals surface area contributed by atoms with Crippen molar-refractivity contribution in [2.75, 3.05) is 0 Å². The Balaban J connectivity index is 1.14. The Kier molecular flexibility index (Phi) is 7.00. The topological polar surface area (TPSA) is 43.6 Å². The first-order valence-electron chi connectivity index (χ1n) is 18.1. The number of benzene rings is 8. The average molecular weight is 707 g/mol. The van der Waals surface area contributed by atoms with E-state index in [9.17, 15) is 0 Å². The van der Waals surface area contributed by atoms with Gasteiger partial charge in [-0.15, -0.1) is 11.3 Å². The molecule has 0 aliphatic heterocycles. The number of hydrogen-bond donors (Lipinski definition) is 0. The standard InChI is InChI=1S/C49H30N4S/c1-2-14-36(15-3-1)53-41-20-8-6-16-37(41)45-39(18-10-21-42(45)53)48-50-47(33-27-24-32(25-28-33)35-29-26-31-12-4-5-13-34(31)30-35)51-49(52-48)40-19-11-23-44-46(40)38-17-7-9-22-43(38)54-44/h1-30H. The first-order valence-corrected chi connectivity index (χ1v) is 18.9. The molecule has 11 rings (SSSR count). The van der Waals surface area contributed by atoms with Gasteiger partial charge in [-0.3, -0.25) is 0 Å². The number of thiophene rings is 1. The Bertz CT molecular complexity index is 3210. The van der Waals surface area contributed by atoms with Gasteiger partial charge >= 0.3 is 0 Å². The predicted octanol–water partition coefficient (Wildman–Crippen LogP) is 13.2. The number of aromatic nitrogens is 4. The summed E-state index contributed by atoms with van der Waals surface area (Å²) in [6.07, 6.45) is 0. The van der Waals surface area contributed by atoms with E-state index in [-0.39, 0.29) is 0 Å². The van der Waals surface area contributed by atoms with Crippen LogP contribution in [-0.4, -0.2) is 19.5 Å². The molecule has 0 fully saturated rings. The van der Waals surface area contributed by atoms with Crippen molar-refractivity contribution >= 4 is 64.1 Å². The maximum atomic E-state index is 5.34. The van der Waals surface area contributed by atoms with Gasteiger partial charge in [0.25, 0.3) is 0 Å². The van der Waals surface area contributed by atoms with Crippen LogP contribution in [0.2, 0.25) is 0 Å². The Labute approximate surface area is 315 Å². The second kappa shape index (κ2) is 12.3. The summed E-state index contributed by atoms with van der Waals surface area (Å²) < 4.78 is 4.79. The molecule has 0 N–H and O–H groups in total. The number of para-hydroxylation sites is 2. The minimum atomic E-state index is 0.639. The highest BCUT2D eigenvalue weighted by Gasteiger charge is 2.21. The van der Waals surface area contributed by atoms with E-state index in [1.807, 2.05) is 0 Å². The highest BCUT2D eigenvalue weighted by Crippen LogP contribution is 2.41. The molecule has 5 heteroatoms. The Hall–Kier alpha value is -6.95. The van der Waals surface area contributed by atoms with Gasteiger partial charge in [-0.05, 0) is 64.4 Å². The lowest BCUT2D eigenvalue weighted by atomic mass is 10.00. The highest BCUT2D eigenvalue weighted by atomic mass is 32.1. The molecule has 0 spiro atoms. The van der Waals surface area contributed by atoms with Gasteiger partial charge in [0, 0.05) is 53.3 Å². The first kappa shape index (κ1) is 30.7. The van der Waals surface area contributed by atoms with Crippen molar-refractivity contribution < 1.29 is 0 Å². The van der Waals surface area contributed by atoms with Crippen LogP contribution >= 0.6 is 11.3 Å². The lowest BCUT2D eigenvalue weighted by molar-refractivity contribution is 1.08. The van der Waals surface area contributed by atoms with Crippen molar-refractivity contribution in [3.8, 4) is 51.0 Å². The monoisotopic (exact) mass is 706 g/mol. The molecule has 0 amide bonds. The summed E-state index contributed by atoms with van der Waals surface area (Å²) in [4.78, 5) is 15.9. The van der Waals surface area contributed by atoms with Crippen LogP contribution in [0.4, 0.5) is 0 Å². The molecular formula is C49H30N4S. The number of fused-ring (bicyclic) bond motifs is 7. The normalized spacial score (nSPS) is 11.7. The minimum absolute atomic E-state index is 0.639. The van der Waals surface area contributed by atoms with E-state index >= 15 is 0 Å². The second-order valence-electron chi connectivity index (χ2n) is 13.6. The van der Waals surface area contributed by atoms with Crippen molar-refractivity contribution in [1.82, 2.24) is 19.5 Å². The minimum Gasteiger partial charge on any atom is -0.309 e. The van der Waals surface area contributed by atoms with Gasteiger partial charge in [-0.25, -0.2) is 15.0 Å². The molecule has 0 saturated heterocycles. The summed E-state index contributed by atoms with van der Waals surface area (Å²) in [5.41, 5.74) is 8.58. The van der Waals surface area contributed by atoms with Crippen molar-refractivity contribution in [2.45, 2.75) is 0 Å². The average Bonchev–Trinajstić information content (AvgIpc) is 3.80. The van der Waals surface area contributed by atoms with Crippen molar-refractivity contribution in [3.63, 3.8) is 0 Å². The van der Waals surface area contributed by atoms with E-state index in [1.54, 1.807) is 11.3 Å². The molecule has 252 valence electrons. The van der Waals surface area contributed by atoms with Gasteiger partial charge in [0.15, 0.2) is 17.5 Å². The fourth-order valence-corrected chi connectivity index (χ4v) is 9.08. The summed E-state index contributed by atoms with van der Waals surface area (Å²) in [5.74, 6) is 1.94. The van der Waals surface area contributed by atoms with E-state index < -0.39 is 0 Å². The van der Waals surface area contributed by atoms with Crippen LogP contribution in [0.5, 0.6) is 0 Å². The molecule has 8 aromatic carbocycles. The number of nitrogens with zero attached hydrogens (tertiary/aromatic N) is 4. The first-order chi connectivity index (χ1) is 26.8. The molecule has 3 aromatic heterocycles. The van der Waals surface area contributed by atoms with Crippen molar-refractivity contribution in [3.05, 3.63) is 182 Å². The van der Waals surface area contributed by atoms with Crippen molar-refractivity contribution in [2.24, 2.45) is 0 Å². The van der Waals surface area contributed by atoms with Gasteiger partial charge in [-0.2, -0.15) is 0 Å². The SMILES string of the molecule is c1ccc(-n2c3ccccc3c3c(-c4nc(-c5ccc(-c6ccc7ccccc7c6)cc5)nc(-c5cccc6sc7ccccc7c56)n4)cccc32)cc1. The molecule has 0 atom stereocenters. The van der Waals surface area contributed by atoms with Gasteiger partial charge in [0.05, 0.1) is 11.0 Å². The van der Waals surface area contributed by atoms with Crippen molar-refractivity contribution in [1.29, 1.82) is 0 Å². The summed E-state index contributed by atoms with van der Waals surface area (Å²) in [5, 5.41) is 7.12. The number of hydrogen-bond acceptors (Lipinski definition) is 4. The highest BCUT2D eigenvalue weighted by molar-refractivity contribution is 7.25. The summed E-state index contributed by atoms with van der Waals surface area (Å²) in [7, 11) is 0. The van der Waals surface area contributed by atoms with Crippen LogP contribution in [0.1, 0.15) is 0 Å². The van der Waals surface area contributed by atoms with Crippen LogP contribution in [0.15, 0.2) is 182 Å². The maximum absolute atomic E-state index is 5.34. The van der Waals surface area contributed by atoms with Crippen LogP contribution < -0.4 is 0 Å². The zero-order valence-corrected chi connectivity index (χ0v) is 29.8. The van der Waals surface area contributed by atoms with Crippen LogP contribution in [0, 0.1) is 0 Å². The quantitative estimate of drug-likeness (QED) is 0.179. The molecule has 0 radical (unpaired) electrons. The fraction of sp³-hybridized carbons (Fsp3) is 0. The third-order valence-electron chi connectivity index (χ3n) is 10.5. The molecule has 0 saturated carbocycles.